The first-order chi connectivity index (χ1) is 8.07. The topological polar surface area (TPSA) is 15.3 Å². The van der Waals surface area contributed by atoms with Crippen LogP contribution in [0.3, 0.4) is 0 Å². The number of nitrogens with one attached hydrogen (secondary N) is 1. The van der Waals surface area contributed by atoms with Gasteiger partial charge in [-0.1, -0.05) is 26.8 Å². The van der Waals surface area contributed by atoms with Crippen molar-refractivity contribution in [2.24, 2.45) is 5.92 Å². The molecule has 0 bridgehead atoms. The van der Waals surface area contributed by atoms with Crippen molar-refractivity contribution in [3.05, 3.63) is 22.4 Å². The SMILES string of the molecule is CCNCC(C(C)C)N(C)C(C)c1cccs1. The maximum atomic E-state index is 3.47. The summed E-state index contributed by atoms with van der Waals surface area (Å²) in [6.07, 6.45) is 0. The first kappa shape index (κ1) is 14.7. The fourth-order valence-electron chi connectivity index (χ4n) is 2.16. The minimum atomic E-state index is 0.501. The highest BCUT2D eigenvalue weighted by molar-refractivity contribution is 7.10. The van der Waals surface area contributed by atoms with E-state index >= 15 is 0 Å². The Morgan fingerprint density at radius 2 is 2.06 bits per heavy atom. The van der Waals surface area contributed by atoms with Crippen molar-refractivity contribution in [2.75, 3.05) is 20.1 Å². The van der Waals surface area contributed by atoms with E-state index in [4.69, 9.17) is 0 Å². The van der Waals surface area contributed by atoms with E-state index in [0.29, 0.717) is 18.0 Å². The summed E-state index contributed by atoms with van der Waals surface area (Å²) in [6, 6.07) is 5.46. The van der Waals surface area contributed by atoms with Crippen LogP contribution in [0.1, 0.15) is 38.6 Å². The van der Waals surface area contributed by atoms with Gasteiger partial charge in [0.1, 0.15) is 0 Å². The molecule has 98 valence electrons. The Bertz CT molecular complexity index is 295. The summed E-state index contributed by atoms with van der Waals surface area (Å²) in [6.45, 7) is 11.2. The molecule has 0 radical (unpaired) electrons. The smallest absolute Gasteiger partial charge is 0.0413 e. The fraction of sp³-hybridized carbons (Fsp3) is 0.714. The number of rotatable bonds is 7. The van der Waals surface area contributed by atoms with Crippen molar-refractivity contribution >= 4 is 11.3 Å². The molecule has 1 aromatic heterocycles. The molecule has 3 heteroatoms. The summed E-state index contributed by atoms with van der Waals surface area (Å²) in [5.41, 5.74) is 0. The molecule has 0 fully saturated rings. The molecule has 2 atom stereocenters. The zero-order valence-electron chi connectivity index (χ0n) is 11.7. The molecule has 0 aliphatic rings. The van der Waals surface area contributed by atoms with Crippen LogP contribution >= 0.6 is 11.3 Å². The van der Waals surface area contributed by atoms with Gasteiger partial charge in [-0.2, -0.15) is 0 Å². The third kappa shape index (κ3) is 4.09. The Morgan fingerprint density at radius 1 is 1.35 bits per heavy atom. The van der Waals surface area contributed by atoms with E-state index in [9.17, 15) is 0 Å². The van der Waals surface area contributed by atoms with Crippen molar-refractivity contribution in [1.29, 1.82) is 0 Å². The molecule has 17 heavy (non-hydrogen) atoms. The second-order valence-electron chi connectivity index (χ2n) is 4.98. The molecule has 1 aromatic rings. The lowest BCUT2D eigenvalue weighted by Gasteiger charge is -2.35. The van der Waals surface area contributed by atoms with E-state index in [1.807, 2.05) is 11.3 Å². The quantitative estimate of drug-likeness (QED) is 0.802. The van der Waals surface area contributed by atoms with Gasteiger partial charge >= 0.3 is 0 Å². The van der Waals surface area contributed by atoms with E-state index in [1.54, 1.807) is 0 Å². The van der Waals surface area contributed by atoms with Crippen LogP contribution in [-0.4, -0.2) is 31.1 Å². The Balaban J connectivity index is 2.66. The van der Waals surface area contributed by atoms with Gasteiger partial charge in [0.25, 0.3) is 0 Å². The zero-order chi connectivity index (χ0) is 12.8. The van der Waals surface area contributed by atoms with Gasteiger partial charge in [-0.3, -0.25) is 4.90 Å². The molecule has 2 unspecified atom stereocenters. The minimum Gasteiger partial charge on any atom is -0.315 e. The summed E-state index contributed by atoms with van der Waals surface area (Å²) >= 11 is 1.85. The van der Waals surface area contributed by atoms with Crippen molar-refractivity contribution < 1.29 is 0 Å². The molecule has 0 saturated carbocycles. The molecule has 0 spiro atoms. The van der Waals surface area contributed by atoms with E-state index in [0.717, 1.165) is 13.1 Å². The molecular weight excluding hydrogens is 228 g/mol. The summed E-state index contributed by atoms with van der Waals surface area (Å²) in [4.78, 5) is 3.95. The van der Waals surface area contributed by atoms with E-state index in [1.165, 1.54) is 4.88 Å². The van der Waals surface area contributed by atoms with Gasteiger partial charge in [-0.05, 0) is 37.9 Å². The highest BCUT2D eigenvalue weighted by Gasteiger charge is 2.23. The minimum absolute atomic E-state index is 0.501. The monoisotopic (exact) mass is 254 g/mol. The van der Waals surface area contributed by atoms with Gasteiger partial charge in [0, 0.05) is 23.5 Å². The summed E-state index contributed by atoms with van der Waals surface area (Å²) in [7, 11) is 2.24. The van der Waals surface area contributed by atoms with Crippen LogP contribution in [0.25, 0.3) is 0 Å². The molecule has 1 heterocycles. The van der Waals surface area contributed by atoms with Crippen LogP contribution in [0, 0.1) is 5.92 Å². The maximum Gasteiger partial charge on any atom is 0.0413 e. The Kier molecular flexibility index (Phi) is 6.17. The van der Waals surface area contributed by atoms with Crippen LogP contribution in [-0.2, 0) is 0 Å². The van der Waals surface area contributed by atoms with E-state index in [2.05, 4.69) is 62.5 Å². The number of likely N-dealkylation sites (N-methyl/N-ethyl adjacent to an activating group) is 2. The van der Waals surface area contributed by atoms with Crippen LogP contribution < -0.4 is 5.32 Å². The van der Waals surface area contributed by atoms with Crippen molar-refractivity contribution in [2.45, 2.75) is 39.8 Å². The molecule has 2 nitrogen and oxygen atoms in total. The number of nitrogens with zero attached hydrogens (tertiary/aromatic N) is 1. The normalized spacial score (nSPS) is 15.5. The van der Waals surface area contributed by atoms with Gasteiger partial charge in [0.05, 0.1) is 0 Å². The molecule has 0 aromatic carbocycles. The second kappa shape index (κ2) is 7.14. The van der Waals surface area contributed by atoms with Gasteiger partial charge in [-0.25, -0.2) is 0 Å². The molecule has 1 rings (SSSR count). The second-order valence-corrected chi connectivity index (χ2v) is 5.96. The van der Waals surface area contributed by atoms with Gasteiger partial charge in [0.2, 0.25) is 0 Å². The summed E-state index contributed by atoms with van der Waals surface area (Å²) in [5.74, 6) is 0.668. The van der Waals surface area contributed by atoms with Crippen LogP contribution in [0.5, 0.6) is 0 Å². The van der Waals surface area contributed by atoms with Crippen LogP contribution in [0.2, 0.25) is 0 Å². The highest BCUT2D eigenvalue weighted by Crippen LogP contribution is 2.26. The predicted octanol–water partition coefficient (Wildman–Crippen LogP) is 3.38. The average Bonchev–Trinajstić information content (AvgIpc) is 2.81. The molecular formula is C14H26N2S. The zero-order valence-corrected chi connectivity index (χ0v) is 12.6. The number of hydrogen-bond donors (Lipinski definition) is 1. The Hall–Kier alpha value is -0.380. The molecule has 1 N–H and O–H groups in total. The first-order valence-corrected chi connectivity index (χ1v) is 7.41. The standard InChI is InChI=1S/C14H26N2S/c1-6-15-10-13(11(2)3)16(5)12(4)14-8-7-9-17-14/h7-9,11-13,15H,6,10H2,1-5H3. The van der Waals surface area contributed by atoms with E-state index < -0.39 is 0 Å². The number of hydrogen-bond acceptors (Lipinski definition) is 3. The lowest BCUT2D eigenvalue weighted by molar-refractivity contribution is 0.144. The van der Waals surface area contributed by atoms with Gasteiger partial charge in [0.15, 0.2) is 0 Å². The predicted molar refractivity (Wildman–Crippen MR) is 77.7 cm³/mol. The average molecular weight is 254 g/mol. The number of thiophene rings is 1. The molecule has 0 amide bonds. The van der Waals surface area contributed by atoms with Gasteiger partial charge in [-0.15, -0.1) is 11.3 Å². The largest absolute Gasteiger partial charge is 0.315 e. The Morgan fingerprint density at radius 3 is 2.53 bits per heavy atom. The summed E-state index contributed by atoms with van der Waals surface area (Å²) in [5, 5.41) is 5.63. The Labute approximate surface area is 110 Å². The van der Waals surface area contributed by atoms with Crippen LogP contribution in [0.15, 0.2) is 17.5 Å². The third-order valence-electron chi connectivity index (χ3n) is 3.46. The molecule has 0 saturated heterocycles. The molecule has 0 aliphatic carbocycles. The molecule has 0 aliphatic heterocycles. The van der Waals surface area contributed by atoms with Crippen molar-refractivity contribution in [3.63, 3.8) is 0 Å². The van der Waals surface area contributed by atoms with Crippen molar-refractivity contribution in [3.8, 4) is 0 Å². The maximum absolute atomic E-state index is 3.47. The lowest BCUT2D eigenvalue weighted by atomic mass is 10.0. The summed E-state index contributed by atoms with van der Waals surface area (Å²) < 4.78 is 0. The highest BCUT2D eigenvalue weighted by atomic mass is 32.1. The lowest BCUT2D eigenvalue weighted by Crippen LogP contribution is -2.44. The third-order valence-corrected chi connectivity index (χ3v) is 4.50. The fourth-order valence-corrected chi connectivity index (χ4v) is 2.99. The van der Waals surface area contributed by atoms with Crippen LogP contribution in [0.4, 0.5) is 0 Å². The van der Waals surface area contributed by atoms with Crippen molar-refractivity contribution in [1.82, 2.24) is 10.2 Å². The first-order valence-electron chi connectivity index (χ1n) is 6.54. The van der Waals surface area contributed by atoms with Gasteiger partial charge < -0.3 is 5.32 Å². The van der Waals surface area contributed by atoms with E-state index in [-0.39, 0.29) is 0 Å².